The summed E-state index contributed by atoms with van der Waals surface area (Å²) in [5.74, 6) is 0.231. The molecule has 3 aromatic rings. The molecule has 0 radical (unpaired) electrons. The van der Waals surface area contributed by atoms with Crippen LogP contribution in [0.15, 0.2) is 83.6 Å². The van der Waals surface area contributed by atoms with Gasteiger partial charge in [-0.2, -0.15) is 5.10 Å². The molecule has 0 aliphatic rings. The average molecular weight is 449 g/mol. The Balaban J connectivity index is 1.61. The summed E-state index contributed by atoms with van der Waals surface area (Å²) in [6.07, 6.45) is 6.76. The highest BCUT2D eigenvalue weighted by molar-refractivity contribution is 7.99. The number of nitro groups is 1. The molecule has 0 unspecified atom stereocenters. The maximum absolute atomic E-state index is 12.1. The molecule has 1 N–H and O–H groups in total. The van der Waals surface area contributed by atoms with Gasteiger partial charge in [0.25, 0.3) is 11.6 Å². The van der Waals surface area contributed by atoms with Crippen molar-refractivity contribution in [1.82, 2.24) is 20.2 Å². The molecule has 0 aliphatic carbocycles. The molecule has 0 spiro atoms. The number of nitrogens with one attached hydrogen (secondary N) is 1. The standard InChI is InChI=1S/C22H20N6O3S/c1-2-14-27-21(18-11-6-12-19(15-18)28(30)31)25-26-22(27)32-16-20(29)24-23-13-7-10-17-8-4-3-5-9-17/h2-13,15H,1,14,16H2,(H,24,29)/b10-7+,23-13-. The van der Waals surface area contributed by atoms with Crippen LogP contribution < -0.4 is 5.43 Å². The minimum absolute atomic E-state index is 0.0385. The van der Waals surface area contributed by atoms with E-state index in [1.54, 1.807) is 28.9 Å². The molecule has 9 nitrogen and oxygen atoms in total. The van der Waals surface area contributed by atoms with Gasteiger partial charge in [-0.25, -0.2) is 5.43 Å². The second-order valence-electron chi connectivity index (χ2n) is 6.38. The van der Waals surface area contributed by atoms with E-state index in [0.29, 0.717) is 23.1 Å². The van der Waals surface area contributed by atoms with Gasteiger partial charge >= 0.3 is 0 Å². The van der Waals surface area contributed by atoms with Gasteiger partial charge in [0.1, 0.15) is 0 Å². The third kappa shape index (κ3) is 6.22. The molecule has 2 aromatic carbocycles. The molecule has 162 valence electrons. The van der Waals surface area contributed by atoms with Crippen molar-refractivity contribution < 1.29 is 9.72 Å². The van der Waals surface area contributed by atoms with Crippen LogP contribution in [0.2, 0.25) is 0 Å². The first-order chi connectivity index (χ1) is 15.6. The lowest BCUT2D eigenvalue weighted by atomic mass is 10.2. The van der Waals surface area contributed by atoms with E-state index in [-0.39, 0.29) is 17.3 Å². The fourth-order valence-corrected chi connectivity index (χ4v) is 3.43. The van der Waals surface area contributed by atoms with Crippen molar-refractivity contribution >= 4 is 35.6 Å². The Labute approximate surface area is 188 Å². The minimum atomic E-state index is -0.465. The van der Waals surface area contributed by atoms with Crippen molar-refractivity contribution in [1.29, 1.82) is 0 Å². The van der Waals surface area contributed by atoms with Crippen LogP contribution in [-0.2, 0) is 11.3 Å². The first kappa shape index (κ1) is 22.6. The summed E-state index contributed by atoms with van der Waals surface area (Å²) in [6.45, 7) is 4.12. The lowest BCUT2D eigenvalue weighted by Crippen LogP contribution is -2.19. The number of hydrazone groups is 1. The van der Waals surface area contributed by atoms with E-state index in [1.165, 1.54) is 30.1 Å². The predicted molar refractivity (Wildman–Crippen MR) is 125 cm³/mol. The Bertz CT molecular complexity index is 1160. The Morgan fingerprint density at radius 3 is 2.78 bits per heavy atom. The van der Waals surface area contributed by atoms with Gasteiger partial charge in [-0.15, -0.1) is 16.8 Å². The molecule has 0 atom stereocenters. The van der Waals surface area contributed by atoms with Crippen molar-refractivity contribution in [2.75, 3.05) is 5.75 Å². The number of carbonyl (C=O) groups is 1. The smallest absolute Gasteiger partial charge is 0.270 e. The Morgan fingerprint density at radius 2 is 2.03 bits per heavy atom. The molecule has 0 fully saturated rings. The van der Waals surface area contributed by atoms with Gasteiger partial charge in [0.2, 0.25) is 0 Å². The quantitative estimate of drug-likeness (QED) is 0.165. The molecular formula is C22H20N6O3S. The van der Waals surface area contributed by atoms with E-state index in [4.69, 9.17) is 0 Å². The van der Waals surface area contributed by atoms with Crippen molar-refractivity contribution in [2.24, 2.45) is 5.10 Å². The molecule has 1 heterocycles. The van der Waals surface area contributed by atoms with E-state index in [1.807, 2.05) is 36.4 Å². The monoisotopic (exact) mass is 448 g/mol. The fourth-order valence-electron chi connectivity index (χ4n) is 2.69. The number of amides is 1. The second kappa shape index (κ2) is 11.4. The highest BCUT2D eigenvalue weighted by atomic mass is 32.2. The molecule has 10 heteroatoms. The number of rotatable bonds is 10. The van der Waals surface area contributed by atoms with Crippen LogP contribution in [0.1, 0.15) is 5.56 Å². The highest BCUT2D eigenvalue weighted by Crippen LogP contribution is 2.26. The van der Waals surface area contributed by atoms with Crippen LogP contribution in [0, 0.1) is 10.1 Å². The lowest BCUT2D eigenvalue weighted by Gasteiger charge is -2.07. The first-order valence-electron chi connectivity index (χ1n) is 9.54. The normalized spacial score (nSPS) is 11.1. The van der Waals surface area contributed by atoms with E-state index in [0.717, 1.165) is 5.56 Å². The molecular weight excluding hydrogens is 428 g/mol. The topological polar surface area (TPSA) is 115 Å². The van der Waals surface area contributed by atoms with Crippen LogP contribution in [0.3, 0.4) is 0 Å². The van der Waals surface area contributed by atoms with Gasteiger partial charge in [0, 0.05) is 30.5 Å². The number of benzene rings is 2. The van der Waals surface area contributed by atoms with Crippen LogP contribution in [0.25, 0.3) is 17.5 Å². The zero-order valence-electron chi connectivity index (χ0n) is 17.0. The predicted octanol–water partition coefficient (Wildman–Crippen LogP) is 3.95. The summed E-state index contributed by atoms with van der Waals surface area (Å²) < 4.78 is 1.75. The zero-order chi connectivity index (χ0) is 22.8. The molecule has 1 amide bonds. The van der Waals surface area contributed by atoms with Gasteiger partial charge in [-0.3, -0.25) is 19.5 Å². The van der Waals surface area contributed by atoms with Gasteiger partial charge in [-0.05, 0) is 11.6 Å². The molecule has 3 rings (SSSR count). The summed E-state index contributed by atoms with van der Waals surface area (Å²) in [7, 11) is 0. The van der Waals surface area contributed by atoms with Crippen LogP contribution in [-0.4, -0.2) is 37.6 Å². The van der Waals surface area contributed by atoms with Crippen molar-refractivity contribution in [3.63, 3.8) is 0 Å². The van der Waals surface area contributed by atoms with Crippen molar-refractivity contribution in [3.8, 4) is 11.4 Å². The average Bonchev–Trinajstić information content (AvgIpc) is 3.21. The Hall–Kier alpha value is -4.05. The number of hydrogen-bond acceptors (Lipinski definition) is 7. The van der Waals surface area contributed by atoms with E-state index < -0.39 is 4.92 Å². The Kier molecular flexibility index (Phi) is 8.04. The summed E-state index contributed by atoms with van der Waals surface area (Å²) in [5, 5.41) is 23.7. The van der Waals surface area contributed by atoms with Crippen LogP contribution in [0.5, 0.6) is 0 Å². The third-order valence-electron chi connectivity index (χ3n) is 4.11. The zero-order valence-corrected chi connectivity index (χ0v) is 17.8. The second-order valence-corrected chi connectivity index (χ2v) is 7.33. The number of non-ortho nitro benzene ring substituents is 1. The van der Waals surface area contributed by atoms with Crippen molar-refractivity contribution in [3.05, 3.63) is 89.0 Å². The number of thioether (sulfide) groups is 1. The van der Waals surface area contributed by atoms with E-state index >= 15 is 0 Å². The molecule has 32 heavy (non-hydrogen) atoms. The first-order valence-corrected chi connectivity index (χ1v) is 10.5. The summed E-state index contributed by atoms with van der Waals surface area (Å²) in [5.41, 5.74) is 4.00. The largest absolute Gasteiger partial charge is 0.298 e. The van der Waals surface area contributed by atoms with Gasteiger partial charge in [0.15, 0.2) is 11.0 Å². The van der Waals surface area contributed by atoms with E-state index in [9.17, 15) is 14.9 Å². The molecule has 0 aliphatic heterocycles. The highest BCUT2D eigenvalue weighted by Gasteiger charge is 2.17. The third-order valence-corrected chi connectivity index (χ3v) is 5.08. The number of nitro benzene ring substituents is 1. The van der Waals surface area contributed by atoms with Crippen molar-refractivity contribution in [2.45, 2.75) is 11.7 Å². The number of nitrogens with zero attached hydrogens (tertiary/aromatic N) is 5. The number of carbonyl (C=O) groups excluding carboxylic acids is 1. The number of allylic oxidation sites excluding steroid dienone is 2. The number of aromatic nitrogens is 3. The van der Waals surface area contributed by atoms with Gasteiger partial charge in [-0.1, -0.05) is 66.4 Å². The molecule has 0 saturated heterocycles. The van der Waals surface area contributed by atoms with Crippen LogP contribution in [0.4, 0.5) is 5.69 Å². The summed E-state index contributed by atoms with van der Waals surface area (Å²) in [4.78, 5) is 22.7. The Morgan fingerprint density at radius 1 is 1.22 bits per heavy atom. The van der Waals surface area contributed by atoms with Gasteiger partial charge < -0.3 is 0 Å². The lowest BCUT2D eigenvalue weighted by molar-refractivity contribution is -0.384. The summed E-state index contributed by atoms with van der Waals surface area (Å²) in [6, 6.07) is 15.9. The maximum Gasteiger partial charge on any atom is 0.270 e. The maximum atomic E-state index is 12.1. The SMILES string of the molecule is C=CCn1c(SCC(=O)N/N=C\C=C\c2ccccc2)nnc1-c1cccc([N+](=O)[O-])c1. The summed E-state index contributed by atoms with van der Waals surface area (Å²) >= 11 is 1.19. The number of hydrogen-bond donors (Lipinski definition) is 1. The minimum Gasteiger partial charge on any atom is -0.298 e. The molecule has 1 aromatic heterocycles. The molecule has 0 saturated carbocycles. The van der Waals surface area contributed by atoms with Crippen LogP contribution >= 0.6 is 11.8 Å². The van der Waals surface area contributed by atoms with E-state index in [2.05, 4.69) is 27.3 Å². The fraction of sp³-hybridized carbons (Fsp3) is 0.0909. The van der Waals surface area contributed by atoms with Gasteiger partial charge in [0.05, 0.1) is 10.7 Å². The molecule has 0 bridgehead atoms.